The largest absolute Gasteiger partial charge is 0.417 e. The number of alkyl halides is 3. The first-order valence-electron chi connectivity index (χ1n) is 6.00. The fourth-order valence-electron chi connectivity index (χ4n) is 1.63. The van der Waals surface area contributed by atoms with Crippen LogP contribution in [0.4, 0.5) is 13.2 Å². The van der Waals surface area contributed by atoms with Gasteiger partial charge in [0.05, 0.1) is 15.5 Å². The van der Waals surface area contributed by atoms with Gasteiger partial charge in [-0.3, -0.25) is 0 Å². The van der Waals surface area contributed by atoms with Crippen LogP contribution in [0.2, 0.25) is 5.02 Å². The highest BCUT2D eigenvalue weighted by molar-refractivity contribution is 7.89. The zero-order valence-electron chi connectivity index (χ0n) is 11.0. The van der Waals surface area contributed by atoms with E-state index in [9.17, 15) is 21.6 Å². The Morgan fingerprint density at radius 3 is 2.25 bits per heavy atom. The molecule has 0 aliphatic rings. The Morgan fingerprint density at radius 1 is 1.25 bits per heavy atom. The molecule has 0 amide bonds. The summed E-state index contributed by atoms with van der Waals surface area (Å²) in [5.41, 5.74) is -1.16. The van der Waals surface area contributed by atoms with Gasteiger partial charge in [-0.2, -0.15) is 13.2 Å². The molecule has 0 saturated heterocycles. The maximum atomic E-state index is 12.7. The van der Waals surface area contributed by atoms with Crippen LogP contribution in [0.15, 0.2) is 23.1 Å². The first-order valence-corrected chi connectivity index (χ1v) is 7.87. The first kappa shape index (κ1) is 17.3. The van der Waals surface area contributed by atoms with Crippen molar-refractivity contribution in [2.75, 3.05) is 0 Å². The van der Waals surface area contributed by atoms with Crippen molar-refractivity contribution < 1.29 is 21.6 Å². The molecule has 0 aliphatic heterocycles. The highest BCUT2D eigenvalue weighted by atomic mass is 35.5. The minimum Gasteiger partial charge on any atom is -0.208 e. The van der Waals surface area contributed by atoms with E-state index in [-0.39, 0.29) is 6.04 Å². The molecule has 20 heavy (non-hydrogen) atoms. The van der Waals surface area contributed by atoms with E-state index < -0.39 is 31.7 Å². The Balaban J connectivity index is 3.20. The van der Waals surface area contributed by atoms with E-state index in [1.54, 1.807) is 13.8 Å². The molecule has 0 atom stereocenters. The summed E-state index contributed by atoms with van der Waals surface area (Å²) in [7, 11) is -3.99. The van der Waals surface area contributed by atoms with Crippen LogP contribution in [0.3, 0.4) is 0 Å². The average molecular weight is 330 g/mol. The summed E-state index contributed by atoms with van der Waals surface area (Å²) in [5.74, 6) is 0. The summed E-state index contributed by atoms with van der Waals surface area (Å²) in [4.78, 5) is -0.443. The third-order valence-corrected chi connectivity index (χ3v) is 4.71. The summed E-state index contributed by atoms with van der Waals surface area (Å²) in [5, 5.41) is -0.529. The lowest BCUT2D eigenvalue weighted by atomic mass is 10.2. The van der Waals surface area contributed by atoms with Gasteiger partial charge in [0.15, 0.2) is 0 Å². The third-order valence-electron chi connectivity index (χ3n) is 2.86. The fraction of sp³-hybridized carbons (Fsp3) is 0.500. The minimum atomic E-state index is -4.70. The molecule has 0 aliphatic carbocycles. The molecule has 8 heteroatoms. The standard InChI is InChI=1S/C12H15ClF3NO2S/c1-3-8(4-2)17-20(18,19)9-5-6-11(13)10(7-9)12(14,15)16/h5-8,17H,3-4H2,1-2H3. The second-order valence-corrected chi connectivity index (χ2v) is 6.40. The van der Waals surface area contributed by atoms with Crippen molar-refractivity contribution in [2.24, 2.45) is 0 Å². The molecule has 0 radical (unpaired) electrons. The van der Waals surface area contributed by atoms with Crippen LogP contribution in [-0.4, -0.2) is 14.5 Å². The molecule has 1 aromatic rings. The number of halogens is 4. The van der Waals surface area contributed by atoms with Crippen LogP contribution < -0.4 is 4.72 Å². The van der Waals surface area contributed by atoms with E-state index in [4.69, 9.17) is 11.6 Å². The highest BCUT2D eigenvalue weighted by Gasteiger charge is 2.34. The van der Waals surface area contributed by atoms with Crippen molar-refractivity contribution in [1.29, 1.82) is 0 Å². The van der Waals surface area contributed by atoms with Gasteiger partial charge in [-0.15, -0.1) is 0 Å². The third kappa shape index (κ3) is 4.10. The second kappa shape index (κ2) is 6.32. The maximum Gasteiger partial charge on any atom is 0.417 e. The van der Waals surface area contributed by atoms with Crippen LogP contribution in [0.5, 0.6) is 0 Å². The van der Waals surface area contributed by atoms with Gasteiger partial charge in [-0.25, -0.2) is 13.1 Å². The average Bonchev–Trinajstić information content (AvgIpc) is 2.34. The second-order valence-electron chi connectivity index (χ2n) is 4.27. The van der Waals surface area contributed by atoms with E-state index >= 15 is 0 Å². The quantitative estimate of drug-likeness (QED) is 0.892. The Bertz CT molecular complexity index is 569. The summed E-state index contributed by atoms with van der Waals surface area (Å²) in [6.45, 7) is 3.58. The van der Waals surface area contributed by atoms with Crippen LogP contribution in [0, 0.1) is 0 Å². The summed E-state index contributed by atoms with van der Waals surface area (Å²) in [6.07, 6.45) is -3.59. The summed E-state index contributed by atoms with van der Waals surface area (Å²) >= 11 is 5.46. The molecule has 1 N–H and O–H groups in total. The molecule has 1 aromatic carbocycles. The SMILES string of the molecule is CCC(CC)NS(=O)(=O)c1ccc(Cl)c(C(F)(F)F)c1. The smallest absolute Gasteiger partial charge is 0.208 e. The molecule has 0 saturated carbocycles. The van der Waals surface area contributed by atoms with E-state index in [2.05, 4.69) is 4.72 Å². The van der Waals surface area contributed by atoms with Gasteiger partial charge in [0, 0.05) is 6.04 Å². The van der Waals surface area contributed by atoms with Gasteiger partial charge in [-0.05, 0) is 31.0 Å². The lowest BCUT2D eigenvalue weighted by Crippen LogP contribution is -2.34. The molecule has 0 heterocycles. The Morgan fingerprint density at radius 2 is 1.80 bits per heavy atom. The number of hydrogen-bond acceptors (Lipinski definition) is 2. The normalized spacial score (nSPS) is 12.9. The lowest BCUT2D eigenvalue weighted by Gasteiger charge is -2.16. The minimum absolute atomic E-state index is 0.315. The van der Waals surface area contributed by atoms with Gasteiger partial charge in [0.25, 0.3) is 0 Å². The van der Waals surface area contributed by atoms with Gasteiger partial charge >= 0.3 is 6.18 Å². The van der Waals surface area contributed by atoms with E-state index in [0.29, 0.717) is 18.9 Å². The molecular formula is C12H15ClF3NO2S. The van der Waals surface area contributed by atoms with Gasteiger partial charge in [-0.1, -0.05) is 25.4 Å². The molecule has 0 aromatic heterocycles. The van der Waals surface area contributed by atoms with Crippen LogP contribution in [0.1, 0.15) is 32.3 Å². The van der Waals surface area contributed by atoms with E-state index in [1.165, 1.54) is 0 Å². The predicted octanol–water partition coefficient (Wildman–Crippen LogP) is 3.83. The zero-order valence-corrected chi connectivity index (χ0v) is 12.5. The van der Waals surface area contributed by atoms with Gasteiger partial charge < -0.3 is 0 Å². The molecular weight excluding hydrogens is 315 g/mol. The van der Waals surface area contributed by atoms with Crippen molar-refractivity contribution in [3.8, 4) is 0 Å². The predicted molar refractivity (Wildman–Crippen MR) is 71.1 cm³/mol. The number of sulfonamides is 1. The number of benzene rings is 1. The molecule has 0 fully saturated rings. The number of nitrogens with one attached hydrogen (secondary N) is 1. The number of hydrogen-bond donors (Lipinski definition) is 1. The zero-order chi connectivity index (χ0) is 15.6. The van der Waals surface area contributed by atoms with Crippen molar-refractivity contribution in [2.45, 2.75) is 43.8 Å². The Labute approximate surface area is 121 Å². The first-order chi connectivity index (χ1) is 9.11. The molecule has 0 bridgehead atoms. The maximum absolute atomic E-state index is 12.7. The van der Waals surface area contributed by atoms with Crippen molar-refractivity contribution >= 4 is 21.6 Å². The number of rotatable bonds is 5. The van der Waals surface area contributed by atoms with Crippen LogP contribution >= 0.6 is 11.6 Å². The van der Waals surface area contributed by atoms with Crippen molar-refractivity contribution in [3.63, 3.8) is 0 Å². The monoisotopic (exact) mass is 329 g/mol. The van der Waals surface area contributed by atoms with E-state index in [0.717, 1.165) is 12.1 Å². The Hall–Kier alpha value is -0.790. The lowest BCUT2D eigenvalue weighted by molar-refractivity contribution is -0.137. The Kier molecular flexibility index (Phi) is 5.46. The van der Waals surface area contributed by atoms with Crippen molar-refractivity contribution in [1.82, 2.24) is 4.72 Å². The van der Waals surface area contributed by atoms with E-state index in [1.807, 2.05) is 0 Å². The van der Waals surface area contributed by atoms with Crippen LogP contribution in [0.25, 0.3) is 0 Å². The van der Waals surface area contributed by atoms with Crippen LogP contribution in [-0.2, 0) is 16.2 Å². The fourth-order valence-corrected chi connectivity index (χ4v) is 3.28. The molecule has 0 unspecified atom stereocenters. The topological polar surface area (TPSA) is 46.2 Å². The van der Waals surface area contributed by atoms with Crippen molar-refractivity contribution in [3.05, 3.63) is 28.8 Å². The summed E-state index contributed by atoms with van der Waals surface area (Å²) < 4.78 is 64.6. The van der Waals surface area contributed by atoms with Gasteiger partial charge in [0.2, 0.25) is 10.0 Å². The highest BCUT2D eigenvalue weighted by Crippen LogP contribution is 2.35. The molecule has 0 spiro atoms. The summed E-state index contributed by atoms with van der Waals surface area (Å²) in [6, 6.07) is 2.23. The molecule has 3 nitrogen and oxygen atoms in total. The molecule has 1 rings (SSSR count). The van der Waals surface area contributed by atoms with Gasteiger partial charge in [0.1, 0.15) is 0 Å². The molecule has 114 valence electrons.